The molecule has 0 saturated carbocycles. The molecule has 0 fully saturated rings. The molecule has 0 N–H and O–H groups in total. The van der Waals surface area contributed by atoms with Crippen LogP contribution >= 0.6 is 0 Å². The van der Waals surface area contributed by atoms with Crippen LogP contribution in [-0.4, -0.2) is 20.7 Å². The molecule has 0 radical (unpaired) electrons. The summed E-state index contributed by atoms with van der Waals surface area (Å²) >= 11 is 0.461. The third-order valence-corrected chi connectivity index (χ3v) is 3.57. The quantitative estimate of drug-likeness (QED) is 0.567. The maximum atomic E-state index is 11.2. The summed E-state index contributed by atoms with van der Waals surface area (Å²) in [6.45, 7) is 3.78. The maximum absolute atomic E-state index is 11.2. The van der Waals surface area contributed by atoms with Gasteiger partial charge in [0.1, 0.15) is 0 Å². The van der Waals surface area contributed by atoms with Gasteiger partial charge < -0.3 is 0 Å². The number of carbonyl (C=O) groups excluding carboxylic acids is 1. The second kappa shape index (κ2) is 4.44. The topological polar surface area (TPSA) is 17.1 Å². The zero-order chi connectivity index (χ0) is 8.97. The van der Waals surface area contributed by atoms with E-state index in [1.54, 1.807) is 6.92 Å². The van der Waals surface area contributed by atoms with Gasteiger partial charge in [-0.25, -0.2) is 0 Å². The normalized spacial score (nSPS) is 9.83. The van der Waals surface area contributed by atoms with Crippen LogP contribution < -0.4 is 4.46 Å². The molecule has 0 saturated heterocycles. The van der Waals surface area contributed by atoms with Crippen LogP contribution in [0.2, 0.25) is 5.32 Å². The zero-order valence-corrected chi connectivity index (χ0v) is 9.05. The Balaban J connectivity index is 3.00. The Bertz CT molecular complexity index is 281. The van der Waals surface area contributed by atoms with Crippen LogP contribution in [0.15, 0.2) is 24.3 Å². The second-order valence-electron chi connectivity index (χ2n) is 2.49. The van der Waals surface area contributed by atoms with E-state index in [1.165, 1.54) is 4.46 Å². The van der Waals surface area contributed by atoms with Crippen molar-refractivity contribution in [3.63, 3.8) is 0 Å². The molecule has 64 valence electrons. The summed E-state index contributed by atoms with van der Waals surface area (Å²) in [7, 11) is 0. The summed E-state index contributed by atoms with van der Waals surface area (Å²) in [6.07, 6.45) is 0. The van der Waals surface area contributed by atoms with E-state index >= 15 is 0 Å². The average Bonchev–Trinajstić information content (AvgIpc) is 2.05. The van der Waals surface area contributed by atoms with Crippen LogP contribution in [0, 0.1) is 0 Å². The average molecular weight is 227 g/mol. The number of ketones is 1. The van der Waals surface area contributed by atoms with E-state index in [9.17, 15) is 4.79 Å². The molecular weight excluding hydrogens is 215 g/mol. The van der Waals surface area contributed by atoms with Gasteiger partial charge in [0.05, 0.1) is 0 Å². The van der Waals surface area contributed by atoms with Gasteiger partial charge in [0.15, 0.2) is 0 Å². The molecule has 1 nitrogen and oxygen atoms in total. The summed E-state index contributed by atoms with van der Waals surface area (Å²) in [5.74, 6) is 0.181. The molecule has 12 heavy (non-hydrogen) atoms. The fourth-order valence-electron chi connectivity index (χ4n) is 1.04. The first-order chi connectivity index (χ1) is 5.75. The minimum absolute atomic E-state index is 0.181. The molecule has 1 aromatic carbocycles. The predicted octanol–water partition coefficient (Wildman–Crippen LogP) is 1.66. The van der Waals surface area contributed by atoms with Crippen molar-refractivity contribution in [3.8, 4) is 0 Å². The van der Waals surface area contributed by atoms with E-state index in [4.69, 9.17) is 0 Å². The molecule has 2 heteroatoms. The van der Waals surface area contributed by atoms with Crippen molar-refractivity contribution in [1.29, 1.82) is 0 Å². The first-order valence-corrected chi connectivity index (χ1v) is 6.05. The van der Waals surface area contributed by atoms with Crippen LogP contribution in [0.3, 0.4) is 0 Å². The molecule has 0 aliphatic rings. The fourth-order valence-corrected chi connectivity index (χ4v) is 2.83. The van der Waals surface area contributed by atoms with E-state index in [-0.39, 0.29) is 5.78 Å². The van der Waals surface area contributed by atoms with Crippen molar-refractivity contribution >= 4 is 25.2 Å². The molecule has 0 unspecified atom stereocenters. The standard InChI is InChI=1S/C10H12OSe/c1-3-12-10-7-5-4-6-9(10)8(2)11/h4-7H,3H2,1-2H3. The Kier molecular flexibility index (Phi) is 3.51. The SMILES string of the molecule is CC[Se]c1ccccc1C(C)=O. The van der Waals surface area contributed by atoms with Gasteiger partial charge in [0.2, 0.25) is 0 Å². The number of hydrogen-bond acceptors (Lipinski definition) is 1. The third kappa shape index (κ3) is 2.20. The predicted molar refractivity (Wildman–Crippen MR) is 52.3 cm³/mol. The van der Waals surface area contributed by atoms with Crippen LogP contribution in [0.5, 0.6) is 0 Å². The van der Waals surface area contributed by atoms with Crippen LogP contribution in [0.1, 0.15) is 24.2 Å². The monoisotopic (exact) mass is 228 g/mol. The second-order valence-corrected chi connectivity index (χ2v) is 5.23. The van der Waals surface area contributed by atoms with Gasteiger partial charge in [-0.1, -0.05) is 0 Å². The molecular formula is C10H12OSe. The minimum atomic E-state index is 0.181. The van der Waals surface area contributed by atoms with Gasteiger partial charge in [0, 0.05) is 0 Å². The van der Waals surface area contributed by atoms with Crippen molar-refractivity contribution in [3.05, 3.63) is 29.8 Å². The van der Waals surface area contributed by atoms with Crippen molar-refractivity contribution in [2.75, 3.05) is 0 Å². The summed E-state index contributed by atoms with van der Waals surface area (Å²) in [4.78, 5) is 11.2. The van der Waals surface area contributed by atoms with E-state index < -0.39 is 0 Å². The Morgan fingerprint density at radius 1 is 1.42 bits per heavy atom. The number of benzene rings is 1. The van der Waals surface area contributed by atoms with Gasteiger partial charge in [-0.05, 0) is 0 Å². The van der Waals surface area contributed by atoms with Crippen molar-refractivity contribution < 1.29 is 4.79 Å². The van der Waals surface area contributed by atoms with E-state index in [0.29, 0.717) is 15.0 Å². The Morgan fingerprint density at radius 2 is 2.08 bits per heavy atom. The van der Waals surface area contributed by atoms with Crippen molar-refractivity contribution in [1.82, 2.24) is 0 Å². The Labute approximate surface area is 79.3 Å². The van der Waals surface area contributed by atoms with E-state index in [2.05, 4.69) is 13.0 Å². The first-order valence-electron chi connectivity index (χ1n) is 3.98. The summed E-state index contributed by atoms with van der Waals surface area (Å²) < 4.78 is 1.24. The first kappa shape index (κ1) is 9.50. The Morgan fingerprint density at radius 3 is 2.67 bits per heavy atom. The van der Waals surface area contributed by atoms with Crippen molar-refractivity contribution in [2.45, 2.75) is 19.2 Å². The van der Waals surface area contributed by atoms with Crippen molar-refractivity contribution in [2.24, 2.45) is 0 Å². The number of Topliss-reactive ketones (excluding diaryl/α,β-unsaturated/α-hetero) is 1. The van der Waals surface area contributed by atoms with Gasteiger partial charge in [0.25, 0.3) is 0 Å². The summed E-state index contributed by atoms with van der Waals surface area (Å²) in [5.41, 5.74) is 0.902. The van der Waals surface area contributed by atoms with Gasteiger partial charge >= 0.3 is 79.0 Å². The molecule has 0 atom stereocenters. The fraction of sp³-hybridized carbons (Fsp3) is 0.300. The van der Waals surface area contributed by atoms with Crippen LogP contribution in [0.25, 0.3) is 0 Å². The number of rotatable bonds is 3. The van der Waals surface area contributed by atoms with Gasteiger partial charge in [-0.2, -0.15) is 0 Å². The molecule has 0 aromatic heterocycles. The molecule has 0 bridgehead atoms. The third-order valence-electron chi connectivity index (χ3n) is 1.57. The zero-order valence-electron chi connectivity index (χ0n) is 7.33. The molecule has 0 amide bonds. The number of carbonyl (C=O) groups is 1. The molecule has 1 rings (SSSR count). The molecule has 0 aliphatic heterocycles. The van der Waals surface area contributed by atoms with E-state index in [0.717, 1.165) is 10.9 Å². The summed E-state index contributed by atoms with van der Waals surface area (Å²) in [6, 6.07) is 7.89. The molecule has 0 spiro atoms. The molecule has 1 aromatic rings. The van der Waals surface area contributed by atoms with E-state index in [1.807, 2.05) is 18.2 Å². The van der Waals surface area contributed by atoms with Gasteiger partial charge in [-0.15, -0.1) is 0 Å². The number of hydrogen-bond donors (Lipinski definition) is 0. The molecule has 0 aliphatic carbocycles. The van der Waals surface area contributed by atoms with Crippen LogP contribution in [0.4, 0.5) is 0 Å². The van der Waals surface area contributed by atoms with Gasteiger partial charge in [-0.3, -0.25) is 0 Å². The van der Waals surface area contributed by atoms with Crippen LogP contribution in [-0.2, 0) is 0 Å². The molecule has 0 heterocycles. The Hall–Kier alpha value is -0.591. The summed E-state index contributed by atoms with van der Waals surface area (Å²) in [5, 5.41) is 1.15.